The highest BCUT2D eigenvalue weighted by Gasteiger charge is 2.26. The Hall–Kier alpha value is -2.22. The number of hydrazine groups is 1. The summed E-state index contributed by atoms with van der Waals surface area (Å²) >= 11 is 0. The quantitative estimate of drug-likeness (QED) is 0.457. The molecule has 0 unspecified atom stereocenters. The molecule has 0 aliphatic carbocycles. The van der Waals surface area contributed by atoms with Gasteiger partial charge >= 0.3 is 0 Å². The molecule has 0 saturated carbocycles. The Morgan fingerprint density at radius 1 is 1.48 bits per heavy atom. The van der Waals surface area contributed by atoms with E-state index in [-0.39, 0.29) is 11.3 Å². The zero-order valence-electron chi connectivity index (χ0n) is 12.1. The molecule has 0 bridgehead atoms. The molecule has 0 radical (unpaired) electrons. The zero-order chi connectivity index (χ0) is 16.0. The number of nitro groups is 1. The molecular formula is C13H19FN4O3. The molecule has 3 N–H and O–H groups in total. The SMILES string of the molecule is CCCCN(CC)C(=O)c1cc(NN)c(F)cc1[N+](=O)[O-]. The summed E-state index contributed by atoms with van der Waals surface area (Å²) in [4.78, 5) is 24.2. The zero-order valence-corrected chi connectivity index (χ0v) is 12.1. The van der Waals surface area contributed by atoms with Gasteiger partial charge in [0, 0.05) is 13.1 Å². The van der Waals surface area contributed by atoms with E-state index in [0.717, 1.165) is 18.9 Å². The van der Waals surface area contributed by atoms with Crippen LogP contribution in [0.15, 0.2) is 12.1 Å². The summed E-state index contributed by atoms with van der Waals surface area (Å²) in [5.74, 6) is 3.77. The van der Waals surface area contributed by atoms with Crippen molar-refractivity contribution in [1.82, 2.24) is 4.90 Å². The number of nitrogens with one attached hydrogen (secondary N) is 1. The van der Waals surface area contributed by atoms with Crippen molar-refractivity contribution >= 4 is 17.3 Å². The van der Waals surface area contributed by atoms with E-state index in [2.05, 4.69) is 5.43 Å². The van der Waals surface area contributed by atoms with Gasteiger partial charge < -0.3 is 10.3 Å². The highest BCUT2D eigenvalue weighted by Crippen LogP contribution is 2.27. The van der Waals surface area contributed by atoms with Crippen molar-refractivity contribution in [2.75, 3.05) is 18.5 Å². The Bertz CT molecular complexity index is 536. The van der Waals surface area contributed by atoms with E-state index in [1.54, 1.807) is 6.92 Å². The van der Waals surface area contributed by atoms with Crippen LogP contribution in [0.25, 0.3) is 0 Å². The van der Waals surface area contributed by atoms with Crippen LogP contribution >= 0.6 is 0 Å². The van der Waals surface area contributed by atoms with Crippen LogP contribution in [0.1, 0.15) is 37.0 Å². The molecule has 116 valence electrons. The summed E-state index contributed by atoms with van der Waals surface area (Å²) in [5.41, 5.74) is 1.19. The molecule has 0 spiro atoms. The molecule has 8 heteroatoms. The maximum absolute atomic E-state index is 13.6. The number of anilines is 1. The molecule has 0 aliphatic rings. The van der Waals surface area contributed by atoms with Crippen LogP contribution in [0.2, 0.25) is 0 Å². The van der Waals surface area contributed by atoms with Gasteiger partial charge in [0.05, 0.1) is 16.7 Å². The highest BCUT2D eigenvalue weighted by atomic mass is 19.1. The van der Waals surface area contributed by atoms with E-state index in [0.29, 0.717) is 19.2 Å². The second kappa shape index (κ2) is 7.53. The summed E-state index contributed by atoms with van der Waals surface area (Å²) < 4.78 is 13.6. The Balaban J connectivity index is 3.25. The van der Waals surface area contributed by atoms with Gasteiger partial charge in [-0.05, 0) is 19.4 Å². The molecule has 0 aromatic heterocycles. The summed E-state index contributed by atoms with van der Waals surface area (Å²) in [6, 6.07) is 1.78. The topological polar surface area (TPSA) is 102 Å². The molecule has 1 aromatic carbocycles. The van der Waals surface area contributed by atoms with Gasteiger partial charge in [-0.25, -0.2) is 4.39 Å². The lowest BCUT2D eigenvalue weighted by Gasteiger charge is -2.21. The summed E-state index contributed by atoms with van der Waals surface area (Å²) in [7, 11) is 0. The molecule has 1 rings (SSSR count). The van der Waals surface area contributed by atoms with E-state index in [1.807, 2.05) is 6.92 Å². The minimum atomic E-state index is -0.877. The minimum Gasteiger partial charge on any atom is -0.339 e. The number of hydrogen-bond acceptors (Lipinski definition) is 5. The molecule has 0 fully saturated rings. The molecule has 21 heavy (non-hydrogen) atoms. The number of unbranched alkanes of at least 4 members (excludes halogenated alkanes) is 1. The van der Waals surface area contributed by atoms with Gasteiger partial charge in [-0.15, -0.1) is 0 Å². The van der Waals surface area contributed by atoms with Crippen molar-refractivity contribution < 1.29 is 14.1 Å². The van der Waals surface area contributed by atoms with Gasteiger partial charge in [0.2, 0.25) is 0 Å². The van der Waals surface area contributed by atoms with Crippen LogP contribution in [0, 0.1) is 15.9 Å². The van der Waals surface area contributed by atoms with Crippen LogP contribution < -0.4 is 11.3 Å². The first-order valence-corrected chi connectivity index (χ1v) is 6.70. The smallest absolute Gasteiger partial charge is 0.285 e. The second-order valence-corrected chi connectivity index (χ2v) is 4.49. The molecule has 0 aliphatic heterocycles. The van der Waals surface area contributed by atoms with Gasteiger partial charge in [-0.3, -0.25) is 20.8 Å². The van der Waals surface area contributed by atoms with Gasteiger partial charge in [0.25, 0.3) is 11.6 Å². The van der Waals surface area contributed by atoms with Gasteiger partial charge in [0.1, 0.15) is 5.56 Å². The van der Waals surface area contributed by atoms with Crippen molar-refractivity contribution in [2.24, 2.45) is 5.84 Å². The van der Waals surface area contributed by atoms with Crippen molar-refractivity contribution in [3.8, 4) is 0 Å². The fourth-order valence-electron chi connectivity index (χ4n) is 1.92. The summed E-state index contributed by atoms with van der Waals surface area (Å²) in [6.45, 7) is 4.67. The first kappa shape index (κ1) is 16.8. The fraction of sp³-hybridized carbons (Fsp3) is 0.462. The lowest BCUT2D eigenvalue weighted by molar-refractivity contribution is -0.385. The third kappa shape index (κ3) is 3.88. The fourth-order valence-corrected chi connectivity index (χ4v) is 1.92. The van der Waals surface area contributed by atoms with Gasteiger partial charge in [-0.2, -0.15) is 0 Å². The maximum Gasteiger partial charge on any atom is 0.285 e. The monoisotopic (exact) mass is 298 g/mol. The highest BCUT2D eigenvalue weighted by molar-refractivity contribution is 5.99. The van der Waals surface area contributed by atoms with Crippen LogP contribution in [0.5, 0.6) is 0 Å². The lowest BCUT2D eigenvalue weighted by atomic mass is 10.1. The Labute approximate surface area is 122 Å². The largest absolute Gasteiger partial charge is 0.339 e. The molecule has 0 heterocycles. The van der Waals surface area contributed by atoms with E-state index in [1.165, 1.54) is 4.90 Å². The van der Waals surface area contributed by atoms with Gasteiger partial charge in [0.15, 0.2) is 5.82 Å². The Kier molecular flexibility index (Phi) is 6.04. The Morgan fingerprint density at radius 2 is 2.14 bits per heavy atom. The summed E-state index contributed by atoms with van der Waals surface area (Å²) in [5, 5.41) is 11.0. The number of halogens is 1. The predicted octanol–water partition coefficient (Wildman–Crippen LogP) is 2.28. The van der Waals surface area contributed by atoms with Crippen molar-refractivity contribution in [2.45, 2.75) is 26.7 Å². The number of carbonyl (C=O) groups is 1. The van der Waals surface area contributed by atoms with E-state index in [4.69, 9.17) is 5.84 Å². The average molecular weight is 298 g/mol. The van der Waals surface area contributed by atoms with Crippen LogP contribution in [0.3, 0.4) is 0 Å². The number of nitrogen functional groups attached to an aromatic ring is 1. The number of hydrogen-bond donors (Lipinski definition) is 2. The molecular weight excluding hydrogens is 279 g/mol. The van der Waals surface area contributed by atoms with Crippen LogP contribution in [-0.2, 0) is 0 Å². The number of amides is 1. The first-order valence-electron chi connectivity index (χ1n) is 6.70. The normalized spacial score (nSPS) is 10.3. The van der Waals surface area contributed by atoms with Crippen molar-refractivity contribution in [3.05, 3.63) is 33.6 Å². The molecule has 0 atom stereocenters. The van der Waals surface area contributed by atoms with Gasteiger partial charge in [-0.1, -0.05) is 13.3 Å². The molecule has 1 amide bonds. The number of nitrogens with zero attached hydrogens (tertiary/aromatic N) is 2. The van der Waals surface area contributed by atoms with E-state index < -0.39 is 22.3 Å². The third-order valence-electron chi connectivity index (χ3n) is 3.12. The number of benzene rings is 1. The molecule has 0 saturated heterocycles. The Morgan fingerprint density at radius 3 is 2.62 bits per heavy atom. The summed E-state index contributed by atoms with van der Waals surface area (Å²) in [6.07, 6.45) is 1.68. The second-order valence-electron chi connectivity index (χ2n) is 4.49. The number of rotatable bonds is 7. The standard InChI is InChI=1S/C13H19FN4O3/c1-3-5-6-17(4-2)13(19)9-7-11(16-15)10(14)8-12(9)18(20)21/h7-8,16H,3-6,15H2,1-2H3. The van der Waals surface area contributed by atoms with Crippen molar-refractivity contribution in [1.29, 1.82) is 0 Å². The van der Waals surface area contributed by atoms with Crippen LogP contribution in [0.4, 0.5) is 15.8 Å². The third-order valence-corrected chi connectivity index (χ3v) is 3.12. The molecule has 7 nitrogen and oxygen atoms in total. The van der Waals surface area contributed by atoms with Crippen molar-refractivity contribution in [3.63, 3.8) is 0 Å². The van der Waals surface area contributed by atoms with E-state index in [9.17, 15) is 19.3 Å². The minimum absolute atomic E-state index is 0.157. The van der Waals surface area contributed by atoms with Crippen LogP contribution in [-0.4, -0.2) is 28.8 Å². The lowest BCUT2D eigenvalue weighted by Crippen LogP contribution is -2.32. The molecule has 1 aromatic rings. The number of carbonyl (C=O) groups excluding carboxylic acids is 1. The maximum atomic E-state index is 13.6. The number of nitrogens with two attached hydrogens (primary N) is 1. The predicted molar refractivity (Wildman–Crippen MR) is 77.4 cm³/mol. The first-order chi connectivity index (χ1) is 9.96. The van der Waals surface area contributed by atoms with E-state index >= 15 is 0 Å². The number of nitro benzene ring substituents is 1. The average Bonchev–Trinajstić information content (AvgIpc) is 2.47.